The van der Waals surface area contributed by atoms with Crippen LogP contribution < -0.4 is 10.7 Å². The van der Waals surface area contributed by atoms with Crippen molar-refractivity contribution in [2.24, 2.45) is 5.10 Å². The quantitative estimate of drug-likeness (QED) is 0.517. The number of amides is 2. The molecule has 6 heteroatoms. The molecule has 28 heavy (non-hydrogen) atoms. The highest BCUT2D eigenvalue weighted by molar-refractivity contribution is 6.04. The van der Waals surface area contributed by atoms with Crippen LogP contribution in [-0.4, -0.2) is 17.5 Å². The molecule has 0 unspecified atom stereocenters. The molecule has 0 saturated carbocycles. The second-order valence-electron chi connectivity index (χ2n) is 6.04. The Morgan fingerprint density at radius 2 is 1.32 bits per heavy atom. The van der Waals surface area contributed by atoms with Gasteiger partial charge in [-0.1, -0.05) is 30.3 Å². The molecule has 0 aliphatic heterocycles. The van der Waals surface area contributed by atoms with Crippen molar-refractivity contribution in [2.75, 3.05) is 5.32 Å². The lowest BCUT2D eigenvalue weighted by Crippen LogP contribution is -2.19. The maximum atomic E-state index is 12.9. The van der Waals surface area contributed by atoms with E-state index in [1.165, 1.54) is 24.3 Å². The molecular weight excluding hydrogens is 357 g/mol. The zero-order chi connectivity index (χ0) is 19.9. The number of carbonyl (C=O) groups is 2. The standard InChI is InChI=1S/C22H18FN3O2/c1-15(16-5-3-2-4-6-16)25-26-22(28)18-9-13-20(14-10-18)24-21(27)17-7-11-19(23)12-8-17/h2-14H,1H3,(H,24,27)(H,26,28)/b25-15+. The Bertz CT molecular complexity index is 998. The Hall–Kier alpha value is -3.80. The zero-order valence-electron chi connectivity index (χ0n) is 15.1. The molecule has 0 spiro atoms. The number of nitrogens with one attached hydrogen (secondary N) is 2. The Balaban J connectivity index is 1.61. The molecule has 0 fully saturated rings. The third-order valence-corrected chi connectivity index (χ3v) is 4.03. The van der Waals surface area contributed by atoms with E-state index in [0.29, 0.717) is 22.5 Å². The van der Waals surface area contributed by atoms with Gasteiger partial charge in [0.05, 0.1) is 5.71 Å². The topological polar surface area (TPSA) is 70.6 Å². The monoisotopic (exact) mass is 375 g/mol. The largest absolute Gasteiger partial charge is 0.322 e. The van der Waals surface area contributed by atoms with Gasteiger partial charge in [-0.25, -0.2) is 9.82 Å². The van der Waals surface area contributed by atoms with E-state index in [1.54, 1.807) is 24.3 Å². The van der Waals surface area contributed by atoms with Crippen LogP contribution >= 0.6 is 0 Å². The highest BCUT2D eigenvalue weighted by Gasteiger charge is 2.08. The second-order valence-corrected chi connectivity index (χ2v) is 6.04. The van der Waals surface area contributed by atoms with E-state index < -0.39 is 5.82 Å². The van der Waals surface area contributed by atoms with Gasteiger partial charge in [0, 0.05) is 16.8 Å². The highest BCUT2D eigenvalue weighted by Crippen LogP contribution is 2.12. The predicted octanol–water partition coefficient (Wildman–Crippen LogP) is 4.23. The number of benzene rings is 3. The minimum atomic E-state index is -0.405. The van der Waals surface area contributed by atoms with E-state index in [0.717, 1.165) is 5.56 Å². The molecule has 0 saturated heterocycles. The van der Waals surface area contributed by atoms with Crippen molar-refractivity contribution in [3.05, 3.63) is 101 Å². The van der Waals surface area contributed by atoms with Gasteiger partial charge >= 0.3 is 0 Å². The first kappa shape index (κ1) is 19.0. The summed E-state index contributed by atoms with van der Waals surface area (Å²) in [4.78, 5) is 24.4. The van der Waals surface area contributed by atoms with Crippen molar-refractivity contribution >= 4 is 23.2 Å². The van der Waals surface area contributed by atoms with Gasteiger partial charge in [-0.05, 0) is 61.0 Å². The summed E-state index contributed by atoms with van der Waals surface area (Å²) in [6.45, 7) is 1.81. The van der Waals surface area contributed by atoms with Gasteiger partial charge in [0.25, 0.3) is 11.8 Å². The van der Waals surface area contributed by atoms with Crippen LogP contribution in [-0.2, 0) is 0 Å². The minimum Gasteiger partial charge on any atom is -0.322 e. The van der Waals surface area contributed by atoms with Gasteiger partial charge in [-0.2, -0.15) is 5.10 Å². The third kappa shape index (κ3) is 4.88. The number of anilines is 1. The Labute approximate surface area is 161 Å². The number of rotatable bonds is 5. The molecule has 5 nitrogen and oxygen atoms in total. The summed E-state index contributed by atoms with van der Waals surface area (Å²) in [5.74, 6) is -1.12. The van der Waals surface area contributed by atoms with Crippen LogP contribution in [0.5, 0.6) is 0 Å². The molecule has 0 radical (unpaired) electrons. The maximum Gasteiger partial charge on any atom is 0.271 e. The third-order valence-electron chi connectivity index (χ3n) is 4.03. The Morgan fingerprint density at radius 3 is 1.96 bits per heavy atom. The van der Waals surface area contributed by atoms with Crippen LogP contribution in [0, 0.1) is 5.82 Å². The average Bonchev–Trinajstić information content (AvgIpc) is 2.73. The molecule has 0 aromatic heterocycles. The van der Waals surface area contributed by atoms with E-state index in [-0.39, 0.29) is 11.8 Å². The first-order valence-electron chi connectivity index (χ1n) is 8.60. The number of halogens is 1. The number of carbonyl (C=O) groups excluding carboxylic acids is 2. The van der Waals surface area contributed by atoms with Crippen molar-refractivity contribution in [1.29, 1.82) is 0 Å². The van der Waals surface area contributed by atoms with Crippen LogP contribution in [0.1, 0.15) is 33.2 Å². The summed E-state index contributed by atoms with van der Waals surface area (Å²) in [7, 11) is 0. The lowest BCUT2D eigenvalue weighted by molar-refractivity contribution is 0.0954. The SMILES string of the molecule is C/C(=N\NC(=O)c1ccc(NC(=O)c2ccc(F)cc2)cc1)c1ccccc1. The van der Waals surface area contributed by atoms with Crippen LogP contribution in [0.25, 0.3) is 0 Å². The highest BCUT2D eigenvalue weighted by atomic mass is 19.1. The molecule has 0 aliphatic carbocycles. The maximum absolute atomic E-state index is 12.9. The first-order valence-corrected chi connectivity index (χ1v) is 8.60. The first-order chi connectivity index (χ1) is 13.5. The molecule has 0 atom stereocenters. The summed E-state index contributed by atoms with van der Waals surface area (Å²) in [6, 6.07) is 21.2. The van der Waals surface area contributed by atoms with Gasteiger partial charge in [0.1, 0.15) is 5.82 Å². The fourth-order valence-corrected chi connectivity index (χ4v) is 2.45. The summed E-state index contributed by atoms with van der Waals surface area (Å²) in [5, 5.41) is 6.80. The van der Waals surface area contributed by atoms with Crippen molar-refractivity contribution < 1.29 is 14.0 Å². The van der Waals surface area contributed by atoms with E-state index in [2.05, 4.69) is 15.8 Å². The van der Waals surface area contributed by atoms with Crippen LogP contribution in [0.3, 0.4) is 0 Å². The number of hydrogen-bond acceptors (Lipinski definition) is 3. The zero-order valence-corrected chi connectivity index (χ0v) is 15.1. The number of nitrogens with zero attached hydrogens (tertiary/aromatic N) is 1. The van der Waals surface area contributed by atoms with E-state index in [1.807, 2.05) is 37.3 Å². The van der Waals surface area contributed by atoms with Crippen molar-refractivity contribution in [2.45, 2.75) is 6.92 Å². The summed E-state index contributed by atoms with van der Waals surface area (Å²) >= 11 is 0. The molecule has 3 aromatic rings. The summed E-state index contributed by atoms with van der Waals surface area (Å²) in [5.41, 5.74) is 5.40. The van der Waals surface area contributed by atoms with Crippen LogP contribution in [0.2, 0.25) is 0 Å². The summed E-state index contributed by atoms with van der Waals surface area (Å²) < 4.78 is 12.9. The number of hydrogen-bond donors (Lipinski definition) is 2. The molecule has 2 amide bonds. The molecule has 3 rings (SSSR count). The van der Waals surface area contributed by atoms with Crippen molar-refractivity contribution in [3.63, 3.8) is 0 Å². The van der Waals surface area contributed by atoms with E-state index in [9.17, 15) is 14.0 Å². The van der Waals surface area contributed by atoms with Gasteiger partial charge in [0.15, 0.2) is 0 Å². The van der Waals surface area contributed by atoms with Crippen LogP contribution in [0.4, 0.5) is 10.1 Å². The van der Waals surface area contributed by atoms with E-state index >= 15 is 0 Å². The minimum absolute atomic E-state index is 0.342. The lowest BCUT2D eigenvalue weighted by Gasteiger charge is -2.07. The second kappa shape index (κ2) is 8.73. The molecule has 2 N–H and O–H groups in total. The Kier molecular flexibility index (Phi) is 5.91. The van der Waals surface area contributed by atoms with Crippen LogP contribution in [0.15, 0.2) is 84.0 Å². The fraction of sp³-hybridized carbons (Fsp3) is 0.0455. The van der Waals surface area contributed by atoms with Crippen molar-refractivity contribution in [1.82, 2.24) is 5.43 Å². The molecule has 0 bridgehead atoms. The predicted molar refractivity (Wildman–Crippen MR) is 107 cm³/mol. The van der Waals surface area contributed by atoms with Gasteiger partial charge < -0.3 is 5.32 Å². The molecule has 3 aromatic carbocycles. The average molecular weight is 375 g/mol. The molecular formula is C22H18FN3O2. The fourth-order valence-electron chi connectivity index (χ4n) is 2.45. The van der Waals surface area contributed by atoms with Crippen molar-refractivity contribution in [3.8, 4) is 0 Å². The molecule has 0 heterocycles. The Morgan fingerprint density at radius 1 is 0.750 bits per heavy atom. The van der Waals surface area contributed by atoms with Gasteiger partial charge in [-0.3, -0.25) is 9.59 Å². The molecule has 140 valence electrons. The van der Waals surface area contributed by atoms with Gasteiger partial charge in [-0.15, -0.1) is 0 Å². The lowest BCUT2D eigenvalue weighted by atomic mass is 10.1. The smallest absolute Gasteiger partial charge is 0.271 e. The molecule has 0 aliphatic rings. The van der Waals surface area contributed by atoms with E-state index in [4.69, 9.17) is 0 Å². The number of hydrazone groups is 1. The normalized spacial score (nSPS) is 11.0. The summed E-state index contributed by atoms with van der Waals surface area (Å²) in [6.07, 6.45) is 0. The van der Waals surface area contributed by atoms with Gasteiger partial charge in [0.2, 0.25) is 0 Å².